The monoisotopic (exact) mass is 448 g/mol. The maximum atomic E-state index is 13.4. The van der Waals surface area contributed by atoms with Crippen LogP contribution in [-0.4, -0.2) is 26.9 Å². The number of carbonyl (C=O) groups excluding carboxylic acids is 1. The van der Waals surface area contributed by atoms with Gasteiger partial charge in [0.25, 0.3) is 10.0 Å². The first-order valence-electron chi connectivity index (χ1n) is 11.0. The fourth-order valence-corrected chi connectivity index (χ4v) is 5.77. The fraction of sp³-hybridized carbons (Fsp3) is 0.269. The van der Waals surface area contributed by atoms with Gasteiger partial charge in [0.05, 0.1) is 10.6 Å². The smallest absolute Gasteiger partial charge is 0.265 e. The van der Waals surface area contributed by atoms with E-state index in [0.29, 0.717) is 11.3 Å². The van der Waals surface area contributed by atoms with E-state index >= 15 is 0 Å². The lowest BCUT2D eigenvalue weighted by Gasteiger charge is -2.32. The summed E-state index contributed by atoms with van der Waals surface area (Å²) in [6.45, 7) is 3.77. The predicted molar refractivity (Wildman–Crippen MR) is 128 cm³/mol. The molecule has 1 aliphatic heterocycles. The van der Waals surface area contributed by atoms with Crippen LogP contribution in [0.3, 0.4) is 0 Å². The summed E-state index contributed by atoms with van der Waals surface area (Å²) in [7, 11) is -3.83. The molecule has 4 rings (SSSR count). The van der Waals surface area contributed by atoms with Gasteiger partial charge in [-0.05, 0) is 55.5 Å². The summed E-state index contributed by atoms with van der Waals surface area (Å²) in [5.74, 6) is -0.306. The maximum absolute atomic E-state index is 13.4. The van der Waals surface area contributed by atoms with Crippen LogP contribution in [0.2, 0.25) is 0 Å². The Morgan fingerprint density at radius 2 is 1.66 bits per heavy atom. The Hall–Kier alpha value is -3.12. The molecule has 1 heterocycles. The van der Waals surface area contributed by atoms with Gasteiger partial charge in [0.15, 0.2) is 0 Å². The van der Waals surface area contributed by atoms with Crippen LogP contribution < -0.4 is 9.62 Å². The van der Waals surface area contributed by atoms with Gasteiger partial charge in [0.2, 0.25) is 5.91 Å². The molecule has 0 aromatic heterocycles. The highest BCUT2D eigenvalue weighted by molar-refractivity contribution is 7.93. The van der Waals surface area contributed by atoms with Gasteiger partial charge in [0, 0.05) is 17.2 Å². The van der Waals surface area contributed by atoms with Crippen molar-refractivity contribution < 1.29 is 13.2 Å². The third kappa shape index (κ3) is 4.41. The van der Waals surface area contributed by atoms with Gasteiger partial charge in [-0.2, -0.15) is 0 Å². The van der Waals surface area contributed by atoms with E-state index in [1.807, 2.05) is 55.5 Å². The summed E-state index contributed by atoms with van der Waals surface area (Å²) in [5, 5.41) is 2.97. The van der Waals surface area contributed by atoms with E-state index in [1.165, 1.54) is 9.87 Å². The summed E-state index contributed by atoms with van der Waals surface area (Å²) in [6, 6.07) is 22.8. The van der Waals surface area contributed by atoms with Crippen molar-refractivity contribution in [3.05, 3.63) is 83.9 Å². The number of anilines is 1. The molecular formula is C26H28N2O3S. The lowest BCUT2D eigenvalue weighted by Crippen LogP contribution is -2.44. The van der Waals surface area contributed by atoms with Crippen LogP contribution in [-0.2, 0) is 27.7 Å². The first-order chi connectivity index (χ1) is 15.4. The van der Waals surface area contributed by atoms with Crippen LogP contribution in [0.15, 0.2) is 77.7 Å². The first kappa shape index (κ1) is 22.1. The molecule has 0 unspecified atom stereocenters. The molecule has 0 fully saturated rings. The standard InChI is InChI=1S/C26H28N2O3S/c1-3-20-15-16-24-23(17-20)22-11-7-8-12-25(22)32(30,31)28(24)18-26(29)27-19(2)13-14-21-9-5-4-6-10-21/h4-12,15-17,19H,3,13-14,18H2,1-2H3,(H,27,29)/t19-/m0/s1. The molecule has 1 aliphatic rings. The zero-order valence-corrected chi connectivity index (χ0v) is 19.2. The number of amides is 1. The van der Waals surface area contributed by atoms with Crippen molar-refractivity contribution in [2.75, 3.05) is 10.8 Å². The molecule has 3 aromatic carbocycles. The number of sulfonamides is 1. The highest BCUT2D eigenvalue weighted by Gasteiger charge is 2.36. The third-order valence-corrected chi connectivity index (χ3v) is 7.70. The molecule has 1 atom stereocenters. The van der Waals surface area contributed by atoms with Crippen LogP contribution >= 0.6 is 0 Å². The molecule has 0 saturated carbocycles. The van der Waals surface area contributed by atoms with Gasteiger partial charge in [-0.25, -0.2) is 8.42 Å². The maximum Gasteiger partial charge on any atom is 0.265 e. The number of fused-ring (bicyclic) bond motifs is 3. The second-order valence-electron chi connectivity index (χ2n) is 8.21. The summed E-state index contributed by atoms with van der Waals surface area (Å²) >= 11 is 0. The minimum Gasteiger partial charge on any atom is -0.352 e. The Labute approximate surface area is 190 Å². The van der Waals surface area contributed by atoms with Crippen molar-refractivity contribution >= 4 is 21.6 Å². The minimum atomic E-state index is -3.83. The SMILES string of the molecule is CCc1ccc2c(c1)-c1ccccc1S(=O)(=O)N2CC(=O)N[C@@H](C)CCc1ccccc1. The number of hydrogen-bond donors (Lipinski definition) is 1. The van der Waals surface area contributed by atoms with Crippen molar-refractivity contribution in [3.8, 4) is 11.1 Å². The molecule has 0 saturated heterocycles. The van der Waals surface area contributed by atoms with Crippen LogP contribution in [0.4, 0.5) is 5.69 Å². The Bertz CT molecular complexity index is 1220. The molecule has 0 bridgehead atoms. The van der Waals surface area contributed by atoms with Gasteiger partial charge < -0.3 is 5.32 Å². The number of aryl methyl sites for hydroxylation is 2. The molecule has 166 valence electrons. The number of nitrogens with one attached hydrogen (secondary N) is 1. The Morgan fingerprint density at radius 3 is 2.41 bits per heavy atom. The second-order valence-corrected chi connectivity index (χ2v) is 10.0. The van der Waals surface area contributed by atoms with Crippen molar-refractivity contribution in [2.24, 2.45) is 0 Å². The lowest BCUT2D eigenvalue weighted by molar-refractivity contribution is -0.120. The van der Waals surface area contributed by atoms with E-state index < -0.39 is 10.0 Å². The van der Waals surface area contributed by atoms with Crippen molar-refractivity contribution in [3.63, 3.8) is 0 Å². The van der Waals surface area contributed by atoms with Crippen LogP contribution in [0, 0.1) is 0 Å². The minimum absolute atomic E-state index is 0.0653. The largest absolute Gasteiger partial charge is 0.352 e. The van der Waals surface area contributed by atoms with Crippen molar-refractivity contribution in [2.45, 2.75) is 44.0 Å². The molecule has 3 aromatic rings. The molecule has 32 heavy (non-hydrogen) atoms. The molecule has 5 nitrogen and oxygen atoms in total. The molecule has 0 radical (unpaired) electrons. The van der Waals surface area contributed by atoms with Gasteiger partial charge in [-0.3, -0.25) is 9.10 Å². The third-order valence-electron chi connectivity index (χ3n) is 5.89. The molecule has 6 heteroatoms. The van der Waals surface area contributed by atoms with E-state index in [-0.39, 0.29) is 23.4 Å². The summed E-state index contributed by atoms with van der Waals surface area (Å²) in [4.78, 5) is 13.1. The van der Waals surface area contributed by atoms with E-state index in [0.717, 1.165) is 30.4 Å². The van der Waals surface area contributed by atoms with Crippen molar-refractivity contribution in [1.82, 2.24) is 5.32 Å². The zero-order valence-electron chi connectivity index (χ0n) is 18.4. The van der Waals surface area contributed by atoms with Gasteiger partial charge in [0.1, 0.15) is 6.54 Å². The number of benzene rings is 3. The van der Waals surface area contributed by atoms with Crippen LogP contribution in [0.1, 0.15) is 31.4 Å². The zero-order chi connectivity index (χ0) is 22.7. The molecule has 1 N–H and O–H groups in total. The topological polar surface area (TPSA) is 66.5 Å². The van der Waals surface area contributed by atoms with Crippen molar-refractivity contribution in [1.29, 1.82) is 0 Å². The summed E-state index contributed by atoms with van der Waals surface area (Å²) in [5.41, 5.74) is 4.42. The number of carbonyl (C=O) groups is 1. The van der Waals surface area contributed by atoms with Crippen LogP contribution in [0.5, 0.6) is 0 Å². The second kappa shape index (κ2) is 9.17. The van der Waals surface area contributed by atoms with E-state index in [9.17, 15) is 13.2 Å². The molecule has 0 aliphatic carbocycles. The lowest BCUT2D eigenvalue weighted by atomic mass is 9.99. The molecule has 1 amide bonds. The number of rotatable bonds is 7. The summed E-state index contributed by atoms with van der Waals surface area (Å²) in [6.07, 6.45) is 2.48. The molecular weight excluding hydrogens is 420 g/mol. The van der Waals surface area contributed by atoms with Gasteiger partial charge >= 0.3 is 0 Å². The predicted octanol–water partition coefficient (Wildman–Crippen LogP) is 4.56. The Morgan fingerprint density at radius 1 is 0.938 bits per heavy atom. The quantitative estimate of drug-likeness (QED) is 0.576. The van der Waals surface area contributed by atoms with Gasteiger partial charge in [-0.1, -0.05) is 61.5 Å². The number of hydrogen-bond acceptors (Lipinski definition) is 3. The number of nitrogens with zero attached hydrogens (tertiary/aromatic N) is 1. The average molecular weight is 449 g/mol. The average Bonchev–Trinajstić information content (AvgIpc) is 2.81. The van der Waals surface area contributed by atoms with E-state index in [1.54, 1.807) is 12.1 Å². The Kier molecular flexibility index (Phi) is 6.33. The van der Waals surface area contributed by atoms with Crippen LogP contribution in [0.25, 0.3) is 11.1 Å². The summed E-state index contributed by atoms with van der Waals surface area (Å²) < 4.78 is 28.0. The first-order valence-corrected chi connectivity index (χ1v) is 12.4. The highest BCUT2D eigenvalue weighted by Crippen LogP contribution is 2.43. The van der Waals surface area contributed by atoms with E-state index in [4.69, 9.17) is 0 Å². The highest BCUT2D eigenvalue weighted by atomic mass is 32.2. The Balaban J connectivity index is 1.55. The molecule has 0 spiro atoms. The normalized spacial score (nSPS) is 14.9. The van der Waals surface area contributed by atoms with E-state index in [2.05, 4.69) is 24.4 Å². The fourth-order valence-electron chi connectivity index (χ4n) is 4.12. The van der Waals surface area contributed by atoms with Gasteiger partial charge in [-0.15, -0.1) is 0 Å².